The summed E-state index contributed by atoms with van der Waals surface area (Å²) in [7, 11) is 0. The summed E-state index contributed by atoms with van der Waals surface area (Å²) in [5, 5.41) is 12.8. The molecule has 1 aliphatic rings. The van der Waals surface area contributed by atoms with Crippen LogP contribution in [0.3, 0.4) is 0 Å². The number of hydrogen-bond donors (Lipinski definition) is 3. The van der Waals surface area contributed by atoms with Crippen molar-refractivity contribution in [1.82, 2.24) is 10.2 Å². The van der Waals surface area contributed by atoms with Gasteiger partial charge < -0.3 is 25.5 Å². The number of anilines is 3. The molecule has 1 fully saturated rings. The predicted molar refractivity (Wildman–Crippen MR) is 119 cm³/mol. The lowest BCUT2D eigenvalue weighted by atomic mass is 9.79. The molecule has 0 atom stereocenters. The number of halogens is 1. The highest BCUT2D eigenvalue weighted by molar-refractivity contribution is 6.00. The molecule has 172 valence electrons. The Balaban J connectivity index is 1.29. The first-order valence-electron chi connectivity index (χ1n) is 10.7. The number of nitrogens with zero attached hydrogens (tertiary/aromatic N) is 2. The van der Waals surface area contributed by atoms with Crippen molar-refractivity contribution in [3.8, 4) is 0 Å². The fraction of sp³-hybridized carbons (Fsp3) is 0.304. The van der Waals surface area contributed by atoms with Gasteiger partial charge in [0.2, 0.25) is 0 Å². The summed E-state index contributed by atoms with van der Waals surface area (Å²) in [5.41, 5.74) is 6.98. The molecular weight excluding hydrogens is 429 g/mol. The number of rotatable bonds is 7. The summed E-state index contributed by atoms with van der Waals surface area (Å²) in [5.74, 6) is -0.516. The molecule has 4 N–H and O–H groups in total. The Bertz CT molecular complexity index is 1110. The van der Waals surface area contributed by atoms with Gasteiger partial charge in [0, 0.05) is 5.69 Å². The van der Waals surface area contributed by atoms with Crippen LogP contribution in [0.4, 0.5) is 26.6 Å². The van der Waals surface area contributed by atoms with E-state index < -0.39 is 17.8 Å². The molecule has 1 heterocycles. The van der Waals surface area contributed by atoms with Gasteiger partial charge >= 0.3 is 23.9 Å². The lowest BCUT2D eigenvalue weighted by Gasteiger charge is -2.28. The molecule has 1 aliphatic carbocycles. The van der Waals surface area contributed by atoms with Gasteiger partial charge in [0.05, 0.1) is 12.3 Å². The highest BCUT2D eigenvalue weighted by atomic mass is 19.1. The van der Waals surface area contributed by atoms with Crippen molar-refractivity contribution < 1.29 is 23.1 Å². The van der Waals surface area contributed by atoms with Crippen LogP contribution in [-0.4, -0.2) is 28.8 Å². The average molecular weight is 453 g/mol. The molecule has 2 amide bonds. The van der Waals surface area contributed by atoms with Crippen molar-refractivity contribution in [3.05, 3.63) is 65.8 Å². The van der Waals surface area contributed by atoms with Crippen molar-refractivity contribution in [1.29, 1.82) is 0 Å². The molecule has 0 spiro atoms. The Morgan fingerprint density at radius 1 is 1.06 bits per heavy atom. The smallest absolute Gasteiger partial charge is 0.404 e. The highest BCUT2D eigenvalue weighted by Gasteiger charge is 2.23. The first-order valence-corrected chi connectivity index (χ1v) is 10.7. The summed E-state index contributed by atoms with van der Waals surface area (Å²) >= 11 is 0. The maximum atomic E-state index is 13.7. The van der Waals surface area contributed by atoms with E-state index in [9.17, 15) is 14.0 Å². The van der Waals surface area contributed by atoms with E-state index in [0.29, 0.717) is 24.1 Å². The number of para-hydroxylation sites is 1. The summed E-state index contributed by atoms with van der Waals surface area (Å²) in [6.07, 6.45) is 3.21. The Morgan fingerprint density at radius 2 is 1.79 bits per heavy atom. The second kappa shape index (κ2) is 10.1. The van der Waals surface area contributed by atoms with E-state index in [4.69, 9.17) is 14.9 Å². The van der Waals surface area contributed by atoms with Gasteiger partial charge in [0.1, 0.15) is 5.82 Å². The van der Waals surface area contributed by atoms with Crippen molar-refractivity contribution in [2.75, 3.05) is 17.2 Å². The number of primary amides is 1. The normalized spacial score (nSPS) is 17.8. The summed E-state index contributed by atoms with van der Waals surface area (Å²) in [6.45, 7) is 0.375. The minimum Gasteiger partial charge on any atom is -0.449 e. The van der Waals surface area contributed by atoms with E-state index in [-0.39, 0.29) is 17.6 Å². The molecule has 0 radical (unpaired) electrons. The van der Waals surface area contributed by atoms with Crippen LogP contribution in [0.5, 0.6) is 0 Å². The number of nitrogens with one attached hydrogen (secondary N) is 2. The Morgan fingerprint density at radius 3 is 2.48 bits per heavy atom. The van der Waals surface area contributed by atoms with Gasteiger partial charge in [-0.1, -0.05) is 29.4 Å². The van der Waals surface area contributed by atoms with Gasteiger partial charge in [-0.15, -0.1) is 5.10 Å². The first kappa shape index (κ1) is 22.3. The number of carbonyl (C=O) groups is 2. The van der Waals surface area contributed by atoms with E-state index >= 15 is 0 Å². The number of ether oxygens (including phenoxy) is 1. The van der Waals surface area contributed by atoms with Crippen molar-refractivity contribution in [3.63, 3.8) is 0 Å². The summed E-state index contributed by atoms with van der Waals surface area (Å²) in [6, 6.07) is 13.6. The third-order valence-corrected chi connectivity index (χ3v) is 5.68. The second-order valence-corrected chi connectivity index (χ2v) is 7.94. The van der Waals surface area contributed by atoms with Crippen LogP contribution in [0.25, 0.3) is 0 Å². The van der Waals surface area contributed by atoms with Crippen LogP contribution >= 0.6 is 0 Å². The van der Waals surface area contributed by atoms with Crippen molar-refractivity contribution in [2.45, 2.75) is 31.6 Å². The number of hydrogen-bond acceptors (Lipinski definition) is 7. The molecule has 1 aromatic heterocycles. The zero-order chi connectivity index (χ0) is 23.2. The number of amides is 2. The Labute approximate surface area is 189 Å². The molecule has 9 nitrogen and oxygen atoms in total. The van der Waals surface area contributed by atoms with Gasteiger partial charge in [0.25, 0.3) is 0 Å². The first-order chi connectivity index (χ1) is 16.0. The van der Waals surface area contributed by atoms with Gasteiger partial charge in [-0.25, -0.2) is 9.18 Å². The minimum absolute atomic E-state index is 0.0857. The summed E-state index contributed by atoms with van der Waals surface area (Å²) < 4.78 is 23.9. The number of carbonyl (C=O) groups excluding carboxylic acids is 2. The topological polar surface area (TPSA) is 132 Å². The largest absolute Gasteiger partial charge is 0.449 e. The fourth-order valence-electron chi connectivity index (χ4n) is 3.93. The summed E-state index contributed by atoms with van der Waals surface area (Å²) in [4.78, 5) is 23.2. The van der Waals surface area contributed by atoms with E-state index in [1.54, 1.807) is 12.1 Å². The number of aromatic nitrogens is 2. The molecular formula is C23H24FN5O4. The molecule has 0 bridgehead atoms. The van der Waals surface area contributed by atoms with Crippen molar-refractivity contribution >= 4 is 29.4 Å². The maximum absolute atomic E-state index is 13.7. The zero-order valence-corrected chi connectivity index (χ0v) is 17.8. The third-order valence-electron chi connectivity index (χ3n) is 5.68. The molecule has 0 unspecified atom stereocenters. The SMILES string of the molecule is NC(=O)OC[C@H]1CC[C@H](c2ccc(NC(=O)c3nnc(Nc4ccccc4F)o3)cc2)CC1. The zero-order valence-electron chi connectivity index (χ0n) is 17.8. The Kier molecular flexibility index (Phi) is 6.82. The molecule has 0 saturated heterocycles. The third kappa shape index (κ3) is 5.85. The monoisotopic (exact) mass is 453 g/mol. The van der Waals surface area contributed by atoms with Crippen LogP contribution in [0, 0.1) is 11.7 Å². The standard InChI is InChI=1S/C23H24FN5O4/c24-18-3-1-2-4-19(18)27-23-29-28-21(33-23)20(30)26-17-11-9-16(10-12-17)15-7-5-14(6-8-15)13-32-22(25)31/h1-4,9-12,14-15H,5-8,13H2,(H2,25,31)(H,26,30)(H,27,29)/t14-,15-. The van der Waals surface area contributed by atoms with Gasteiger partial charge in [-0.2, -0.15) is 0 Å². The lowest BCUT2D eigenvalue weighted by molar-refractivity contribution is 0.0991. The molecule has 3 aromatic rings. The van der Waals surface area contributed by atoms with E-state index in [1.165, 1.54) is 17.7 Å². The average Bonchev–Trinajstić information content (AvgIpc) is 3.29. The number of benzene rings is 2. The lowest BCUT2D eigenvalue weighted by Crippen LogP contribution is -2.22. The molecule has 4 rings (SSSR count). The van der Waals surface area contributed by atoms with Gasteiger partial charge in [-0.05, 0) is 67.3 Å². The van der Waals surface area contributed by atoms with Crippen LogP contribution < -0.4 is 16.4 Å². The van der Waals surface area contributed by atoms with Gasteiger partial charge in [0.15, 0.2) is 0 Å². The van der Waals surface area contributed by atoms with Crippen LogP contribution in [-0.2, 0) is 4.74 Å². The second-order valence-electron chi connectivity index (χ2n) is 7.94. The van der Waals surface area contributed by atoms with E-state index in [0.717, 1.165) is 25.7 Å². The Hall–Kier alpha value is -3.95. The number of nitrogens with two attached hydrogens (primary N) is 1. The van der Waals surface area contributed by atoms with E-state index in [2.05, 4.69) is 20.8 Å². The quantitative estimate of drug-likeness (QED) is 0.477. The maximum Gasteiger partial charge on any atom is 0.404 e. The van der Waals surface area contributed by atoms with Crippen LogP contribution in [0.15, 0.2) is 52.9 Å². The predicted octanol–water partition coefficient (Wildman–Crippen LogP) is 4.57. The minimum atomic E-state index is -0.729. The fourth-order valence-corrected chi connectivity index (χ4v) is 3.93. The van der Waals surface area contributed by atoms with Crippen molar-refractivity contribution in [2.24, 2.45) is 11.7 Å². The van der Waals surface area contributed by atoms with Crippen LogP contribution in [0.2, 0.25) is 0 Å². The molecule has 33 heavy (non-hydrogen) atoms. The van der Waals surface area contributed by atoms with Gasteiger partial charge in [-0.3, -0.25) is 4.79 Å². The highest BCUT2D eigenvalue weighted by Crippen LogP contribution is 2.36. The molecule has 0 aliphatic heterocycles. The molecule has 10 heteroatoms. The molecule has 2 aromatic carbocycles. The van der Waals surface area contributed by atoms with E-state index in [1.807, 2.05) is 24.3 Å². The van der Waals surface area contributed by atoms with Crippen LogP contribution in [0.1, 0.15) is 47.8 Å². The molecule has 1 saturated carbocycles.